The highest BCUT2D eigenvalue weighted by atomic mass is 19.1. The SMILES string of the molecule is NC=C(C=NC1CCN(C(=O)CCOCCNc2cccc3c2C(=O)N(C2CCC(=O)NC2=O)C3=O)CC1)c1cnc2cccc(-c3cc(F)c(CN4CCOCC4)c(F)c3)c2n1. The van der Waals surface area contributed by atoms with Gasteiger partial charge >= 0.3 is 0 Å². The molecule has 3 saturated heterocycles. The number of morpholine rings is 1. The Balaban J connectivity index is 0.799. The number of halogens is 2. The van der Waals surface area contributed by atoms with Gasteiger partial charge in [-0.2, -0.15) is 0 Å². The highest BCUT2D eigenvalue weighted by Gasteiger charge is 2.45. The fraction of sp³-hybridized carbons (Fsp3) is 0.378. The number of nitrogens with one attached hydrogen (secondary N) is 2. The maximum Gasteiger partial charge on any atom is 0.264 e. The molecule has 3 aromatic carbocycles. The number of para-hydroxylation sites is 1. The number of rotatable bonds is 14. The molecule has 3 fully saturated rings. The van der Waals surface area contributed by atoms with E-state index in [1.54, 1.807) is 47.6 Å². The van der Waals surface area contributed by atoms with Gasteiger partial charge in [0.05, 0.1) is 72.9 Å². The molecule has 4 aliphatic heterocycles. The maximum absolute atomic E-state index is 15.4. The van der Waals surface area contributed by atoms with E-state index < -0.39 is 41.3 Å². The number of carbonyl (C=O) groups is 5. The highest BCUT2D eigenvalue weighted by molar-refractivity contribution is 6.25. The lowest BCUT2D eigenvalue weighted by atomic mass is 10.0. The molecule has 4 N–H and O–H groups in total. The molecule has 1 unspecified atom stereocenters. The summed E-state index contributed by atoms with van der Waals surface area (Å²) in [5, 5.41) is 5.32. The molecule has 8 rings (SSSR count). The van der Waals surface area contributed by atoms with Gasteiger partial charge in [-0.3, -0.25) is 49.1 Å². The number of amides is 5. The number of nitrogens with zero attached hydrogens (tertiary/aromatic N) is 6. The number of aromatic nitrogens is 2. The average molecular weight is 864 g/mol. The first kappa shape index (κ1) is 43.2. The second kappa shape index (κ2) is 19.3. The van der Waals surface area contributed by atoms with Gasteiger partial charge in [0.15, 0.2) is 0 Å². The number of aliphatic imine (C=N–C) groups is 1. The normalized spacial score (nSPS) is 19.0. The molecule has 0 radical (unpaired) electrons. The van der Waals surface area contributed by atoms with Gasteiger partial charge in [0, 0.05) is 80.5 Å². The summed E-state index contributed by atoms with van der Waals surface area (Å²) in [4.78, 5) is 82.2. The van der Waals surface area contributed by atoms with Gasteiger partial charge in [-0.25, -0.2) is 13.8 Å². The van der Waals surface area contributed by atoms with Gasteiger partial charge in [-0.15, -0.1) is 0 Å². The summed E-state index contributed by atoms with van der Waals surface area (Å²) in [6.07, 6.45) is 6.19. The molecule has 0 saturated carbocycles. The summed E-state index contributed by atoms with van der Waals surface area (Å²) >= 11 is 0. The van der Waals surface area contributed by atoms with Crippen LogP contribution in [0.1, 0.15) is 64.1 Å². The smallest absolute Gasteiger partial charge is 0.264 e. The number of fused-ring (bicyclic) bond motifs is 2. The molecule has 1 atom stereocenters. The van der Waals surface area contributed by atoms with E-state index >= 15 is 8.78 Å². The van der Waals surface area contributed by atoms with Crippen molar-refractivity contribution < 1.29 is 42.2 Å². The number of benzene rings is 3. The van der Waals surface area contributed by atoms with Crippen LogP contribution in [0.25, 0.3) is 27.7 Å². The Labute approximate surface area is 361 Å². The predicted molar refractivity (Wildman–Crippen MR) is 228 cm³/mol. The molecule has 18 heteroatoms. The van der Waals surface area contributed by atoms with Crippen LogP contribution in [0.4, 0.5) is 14.5 Å². The van der Waals surface area contributed by atoms with Crippen molar-refractivity contribution in [2.75, 3.05) is 64.5 Å². The molecule has 5 heterocycles. The van der Waals surface area contributed by atoms with Crippen molar-refractivity contribution in [1.29, 1.82) is 0 Å². The van der Waals surface area contributed by atoms with Crippen LogP contribution >= 0.6 is 0 Å². The van der Waals surface area contributed by atoms with Crippen LogP contribution in [-0.4, -0.2) is 132 Å². The number of imide groups is 2. The zero-order valence-corrected chi connectivity index (χ0v) is 34.5. The van der Waals surface area contributed by atoms with Crippen molar-refractivity contribution in [3.05, 3.63) is 94.9 Å². The van der Waals surface area contributed by atoms with Gasteiger partial charge in [-0.1, -0.05) is 18.2 Å². The number of carbonyl (C=O) groups excluding carboxylic acids is 5. The topological polar surface area (TPSA) is 202 Å². The minimum atomic E-state index is -1.05. The van der Waals surface area contributed by atoms with Crippen LogP contribution in [0.2, 0.25) is 0 Å². The Hall–Kier alpha value is -6.50. The van der Waals surface area contributed by atoms with Crippen LogP contribution in [-0.2, 0) is 30.4 Å². The predicted octanol–water partition coefficient (Wildman–Crippen LogP) is 3.69. The zero-order chi connectivity index (χ0) is 44.0. The standard InChI is InChI=1S/C45H47F2N9O7/c46-33-21-27(22-34(47)32(33)26-54-15-19-63-20-16-54)30-3-1-6-36-42(30)52-37(25-51-36)28(23-48)24-50-29-9-13-55(14-10-29)40(58)11-17-62-18-12-49-35-5-2-4-31-41(35)45(61)56(44(31)60)38-7-8-39(57)53-43(38)59/h1-6,21-25,29,38,49H,7-20,26,48H2,(H,53,57,59). The Morgan fingerprint density at radius 1 is 0.968 bits per heavy atom. The van der Waals surface area contributed by atoms with Crippen LogP contribution in [0.15, 0.2) is 65.9 Å². The lowest BCUT2D eigenvalue weighted by Gasteiger charge is -2.30. The lowest BCUT2D eigenvalue weighted by molar-refractivity contribution is -0.136. The molecule has 63 heavy (non-hydrogen) atoms. The second-order valence-corrected chi connectivity index (χ2v) is 15.7. The van der Waals surface area contributed by atoms with Crippen molar-refractivity contribution in [2.24, 2.45) is 10.7 Å². The minimum absolute atomic E-state index is 0.0145. The van der Waals surface area contributed by atoms with Gasteiger partial charge in [0.25, 0.3) is 11.8 Å². The number of piperidine rings is 2. The quantitative estimate of drug-likeness (QED) is 0.0945. The molecule has 16 nitrogen and oxygen atoms in total. The molecule has 0 bridgehead atoms. The number of nitrogens with two attached hydrogens (primary N) is 1. The minimum Gasteiger partial charge on any atom is -0.404 e. The maximum atomic E-state index is 15.4. The van der Waals surface area contributed by atoms with E-state index in [0.29, 0.717) is 97.9 Å². The fourth-order valence-electron chi connectivity index (χ4n) is 8.28. The van der Waals surface area contributed by atoms with Gasteiger partial charge in [-0.05, 0) is 55.2 Å². The highest BCUT2D eigenvalue weighted by Crippen LogP contribution is 2.33. The summed E-state index contributed by atoms with van der Waals surface area (Å²) in [5.41, 5.74) is 9.67. The number of hydrogen-bond donors (Lipinski definition) is 3. The first-order valence-corrected chi connectivity index (χ1v) is 21.0. The zero-order valence-electron chi connectivity index (χ0n) is 34.5. The van der Waals surface area contributed by atoms with E-state index in [1.165, 1.54) is 24.4 Å². The first-order chi connectivity index (χ1) is 30.6. The number of anilines is 1. The molecular formula is C45H47F2N9O7. The van der Waals surface area contributed by atoms with E-state index in [1.807, 2.05) is 4.90 Å². The van der Waals surface area contributed by atoms with Crippen molar-refractivity contribution in [3.8, 4) is 11.1 Å². The number of hydrogen-bond acceptors (Lipinski definition) is 13. The molecule has 1 aromatic heterocycles. The third kappa shape index (κ3) is 9.47. The van der Waals surface area contributed by atoms with E-state index in [0.717, 1.165) is 4.90 Å². The summed E-state index contributed by atoms with van der Waals surface area (Å²) in [5.74, 6) is -3.60. The van der Waals surface area contributed by atoms with Crippen LogP contribution in [0.5, 0.6) is 0 Å². The van der Waals surface area contributed by atoms with E-state index in [-0.39, 0.29) is 67.7 Å². The molecule has 0 spiro atoms. The second-order valence-electron chi connectivity index (χ2n) is 15.7. The van der Waals surface area contributed by atoms with E-state index in [4.69, 9.17) is 25.2 Å². The Kier molecular flexibility index (Phi) is 13.2. The van der Waals surface area contributed by atoms with Gasteiger partial charge in [0.1, 0.15) is 17.7 Å². The van der Waals surface area contributed by atoms with Crippen molar-refractivity contribution in [2.45, 2.75) is 50.7 Å². The monoisotopic (exact) mass is 863 g/mol. The lowest BCUT2D eigenvalue weighted by Crippen LogP contribution is -2.54. The Morgan fingerprint density at radius 2 is 1.71 bits per heavy atom. The fourth-order valence-corrected chi connectivity index (χ4v) is 8.28. The average Bonchev–Trinajstić information content (AvgIpc) is 3.55. The third-order valence-electron chi connectivity index (χ3n) is 11.7. The van der Waals surface area contributed by atoms with E-state index in [2.05, 4.69) is 15.6 Å². The molecule has 4 aliphatic rings. The molecule has 0 aliphatic carbocycles. The molecule has 5 amide bonds. The molecule has 328 valence electrons. The first-order valence-electron chi connectivity index (χ1n) is 21.0. The summed E-state index contributed by atoms with van der Waals surface area (Å²) in [7, 11) is 0. The Morgan fingerprint density at radius 3 is 2.46 bits per heavy atom. The van der Waals surface area contributed by atoms with Crippen molar-refractivity contribution in [1.82, 2.24) is 30.0 Å². The van der Waals surface area contributed by atoms with Crippen molar-refractivity contribution >= 4 is 58.0 Å². The van der Waals surface area contributed by atoms with Crippen LogP contribution in [0, 0.1) is 11.6 Å². The molecule has 4 aromatic rings. The number of ether oxygens (including phenoxy) is 2. The van der Waals surface area contributed by atoms with Gasteiger partial charge in [0.2, 0.25) is 17.7 Å². The van der Waals surface area contributed by atoms with Crippen LogP contribution in [0.3, 0.4) is 0 Å². The van der Waals surface area contributed by atoms with Crippen LogP contribution < -0.4 is 16.4 Å². The summed E-state index contributed by atoms with van der Waals surface area (Å²) < 4.78 is 41.8. The largest absolute Gasteiger partial charge is 0.404 e. The van der Waals surface area contributed by atoms with Gasteiger partial charge < -0.3 is 25.4 Å². The number of likely N-dealkylation sites (tertiary alicyclic amines) is 1. The van der Waals surface area contributed by atoms with Crippen molar-refractivity contribution in [3.63, 3.8) is 0 Å². The third-order valence-corrected chi connectivity index (χ3v) is 11.7. The summed E-state index contributed by atoms with van der Waals surface area (Å²) in [6.45, 7) is 4.17. The Bertz CT molecular complexity index is 2480. The summed E-state index contributed by atoms with van der Waals surface area (Å²) in [6, 6.07) is 11.7. The number of allylic oxidation sites excluding steroid dienone is 1. The van der Waals surface area contributed by atoms with E-state index in [9.17, 15) is 24.0 Å². The molecular weight excluding hydrogens is 817 g/mol.